The summed E-state index contributed by atoms with van der Waals surface area (Å²) < 4.78 is 15.8. The fourth-order valence-corrected chi connectivity index (χ4v) is 5.72. The van der Waals surface area contributed by atoms with E-state index in [2.05, 4.69) is 16.0 Å². The summed E-state index contributed by atoms with van der Waals surface area (Å²) in [6.07, 6.45) is 3.51. The van der Waals surface area contributed by atoms with Gasteiger partial charge in [-0.3, -0.25) is 14.0 Å². The zero-order valence-electron chi connectivity index (χ0n) is 24.0. The van der Waals surface area contributed by atoms with Gasteiger partial charge in [-0.2, -0.15) is 4.98 Å². The number of nitrogens with one attached hydrogen (secondary N) is 1. The van der Waals surface area contributed by atoms with Crippen LogP contribution in [0.5, 0.6) is 11.8 Å². The first-order valence-corrected chi connectivity index (χ1v) is 14.3. The molecule has 3 N–H and O–H groups in total. The smallest absolute Gasteiger partial charge is 0.260 e. The molecule has 216 valence electrons. The van der Waals surface area contributed by atoms with Crippen LogP contribution in [0.2, 0.25) is 0 Å². The molecule has 6 rings (SSSR count). The van der Waals surface area contributed by atoms with E-state index < -0.39 is 6.10 Å². The number of methoxy groups -OCH3 is 1. The summed E-state index contributed by atoms with van der Waals surface area (Å²) in [4.78, 5) is 37.1. The average Bonchev–Trinajstić information content (AvgIpc) is 3.65. The molecule has 4 aromatic heterocycles. The highest BCUT2D eigenvalue weighted by Crippen LogP contribution is 2.37. The van der Waals surface area contributed by atoms with Crippen molar-refractivity contribution in [1.82, 2.24) is 29.2 Å². The third-order valence-corrected chi connectivity index (χ3v) is 8.13. The number of carbonyl (C=O) groups excluding carboxylic acids is 2. The summed E-state index contributed by atoms with van der Waals surface area (Å²) in [6, 6.07) is 9.47. The molecule has 1 aliphatic heterocycles. The number of pyridine rings is 2. The molecule has 11 heteroatoms. The lowest BCUT2D eigenvalue weighted by atomic mass is 10.1. The van der Waals surface area contributed by atoms with Gasteiger partial charge < -0.3 is 30.0 Å². The van der Waals surface area contributed by atoms with Gasteiger partial charge in [-0.05, 0) is 63.6 Å². The summed E-state index contributed by atoms with van der Waals surface area (Å²) in [5.74, 6) is 1.24. The molecule has 1 saturated carbocycles. The number of ether oxygens (including phenoxy) is 2. The molecule has 2 atom stereocenters. The maximum Gasteiger partial charge on any atom is 0.260 e. The first-order chi connectivity index (χ1) is 19.8. The van der Waals surface area contributed by atoms with E-state index in [1.165, 1.54) is 12.8 Å². The van der Waals surface area contributed by atoms with Crippen LogP contribution < -0.4 is 20.5 Å². The third-order valence-electron chi connectivity index (χ3n) is 8.13. The Labute approximate surface area is 238 Å². The lowest BCUT2D eigenvalue weighted by molar-refractivity contribution is -0.126. The highest BCUT2D eigenvalue weighted by Gasteiger charge is 2.28. The van der Waals surface area contributed by atoms with Crippen LogP contribution in [0.25, 0.3) is 28.1 Å². The van der Waals surface area contributed by atoms with Crippen LogP contribution in [0.15, 0.2) is 30.3 Å². The van der Waals surface area contributed by atoms with Gasteiger partial charge in [-0.25, -0.2) is 4.98 Å². The van der Waals surface area contributed by atoms with E-state index in [9.17, 15) is 9.59 Å². The molecule has 5 heterocycles. The minimum Gasteiger partial charge on any atom is -0.482 e. The maximum absolute atomic E-state index is 13.4. The van der Waals surface area contributed by atoms with Crippen molar-refractivity contribution in [3.05, 3.63) is 41.6 Å². The number of hydrogen-bond donors (Lipinski definition) is 2. The molecule has 2 amide bonds. The minimum atomic E-state index is -0.665. The Bertz CT molecular complexity index is 1640. The molecule has 41 heavy (non-hydrogen) atoms. The van der Waals surface area contributed by atoms with Gasteiger partial charge in [-0.15, -0.1) is 0 Å². The SMILES string of the molecule is CNC(=O)[C@H](C)Oc1ccc2cc(-c3nc4cc(C(=O)N5CCC[C@@H](N)C5)cc(OC)n4c3C)n(CC3CC3)c2n1. The van der Waals surface area contributed by atoms with E-state index in [-0.39, 0.29) is 17.9 Å². The number of nitrogens with two attached hydrogens (primary N) is 1. The predicted octanol–water partition coefficient (Wildman–Crippen LogP) is 3.15. The van der Waals surface area contributed by atoms with E-state index in [4.69, 9.17) is 25.2 Å². The first kappa shape index (κ1) is 27.1. The highest BCUT2D eigenvalue weighted by molar-refractivity contribution is 5.96. The number of piperidine rings is 1. The van der Waals surface area contributed by atoms with Crippen LogP contribution in [0.4, 0.5) is 0 Å². The molecule has 11 nitrogen and oxygen atoms in total. The van der Waals surface area contributed by atoms with Crippen molar-refractivity contribution in [1.29, 1.82) is 0 Å². The number of imidazole rings is 1. The summed E-state index contributed by atoms with van der Waals surface area (Å²) >= 11 is 0. The molecule has 0 radical (unpaired) electrons. The van der Waals surface area contributed by atoms with Crippen molar-refractivity contribution < 1.29 is 19.1 Å². The number of fused-ring (bicyclic) bond motifs is 2. The second-order valence-electron chi connectivity index (χ2n) is 11.2. The van der Waals surface area contributed by atoms with Gasteiger partial charge in [0.25, 0.3) is 11.8 Å². The van der Waals surface area contributed by atoms with Gasteiger partial charge in [0.15, 0.2) is 12.0 Å². The largest absolute Gasteiger partial charge is 0.482 e. The quantitative estimate of drug-likeness (QED) is 0.339. The molecule has 0 spiro atoms. The van der Waals surface area contributed by atoms with Crippen LogP contribution in [-0.2, 0) is 11.3 Å². The van der Waals surface area contributed by atoms with Gasteiger partial charge in [-0.1, -0.05) is 0 Å². The number of amides is 2. The molecule has 0 bridgehead atoms. The Morgan fingerprint density at radius 2 is 1.98 bits per heavy atom. The van der Waals surface area contributed by atoms with Gasteiger partial charge in [0.1, 0.15) is 17.0 Å². The van der Waals surface area contributed by atoms with Crippen LogP contribution in [-0.4, -0.2) is 75.0 Å². The van der Waals surface area contributed by atoms with Crippen molar-refractivity contribution in [3.63, 3.8) is 0 Å². The predicted molar refractivity (Wildman–Crippen MR) is 155 cm³/mol. The average molecular weight is 560 g/mol. The number of nitrogens with zero attached hydrogens (tertiary/aromatic N) is 5. The van der Waals surface area contributed by atoms with Crippen molar-refractivity contribution >= 4 is 28.5 Å². The van der Waals surface area contributed by atoms with E-state index in [0.717, 1.165) is 47.5 Å². The number of aryl methyl sites for hydroxylation is 1. The monoisotopic (exact) mass is 559 g/mol. The minimum absolute atomic E-state index is 0.00137. The Balaban J connectivity index is 1.43. The Morgan fingerprint density at radius 3 is 2.68 bits per heavy atom. The molecular weight excluding hydrogens is 522 g/mol. The van der Waals surface area contributed by atoms with Gasteiger partial charge in [0.2, 0.25) is 5.88 Å². The summed E-state index contributed by atoms with van der Waals surface area (Å²) in [6.45, 7) is 5.76. The first-order valence-electron chi connectivity index (χ1n) is 14.3. The van der Waals surface area contributed by atoms with Gasteiger partial charge >= 0.3 is 0 Å². The fraction of sp³-hybridized carbons (Fsp3) is 0.467. The number of likely N-dealkylation sites (N-methyl/N-ethyl adjacent to an activating group) is 1. The number of aromatic nitrogens is 4. The van der Waals surface area contributed by atoms with E-state index in [1.54, 1.807) is 33.2 Å². The van der Waals surface area contributed by atoms with Crippen LogP contribution >= 0.6 is 0 Å². The van der Waals surface area contributed by atoms with Crippen LogP contribution in [0, 0.1) is 12.8 Å². The molecule has 0 aromatic carbocycles. The molecule has 1 saturated heterocycles. The Kier molecular flexibility index (Phi) is 7.06. The third kappa shape index (κ3) is 5.10. The highest BCUT2D eigenvalue weighted by atomic mass is 16.5. The number of hydrogen-bond acceptors (Lipinski definition) is 7. The van der Waals surface area contributed by atoms with Crippen molar-refractivity contribution in [2.24, 2.45) is 11.7 Å². The standard InChI is InChI=1S/C30H37N7O4/c1-17-27(33-24-13-21(14-26(40-4)37(17)24)30(39)35-11-5-6-22(31)16-35)23-12-20-9-10-25(41-18(2)29(38)32-3)34-28(20)36(23)15-19-7-8-19/h9-10,12-14,18-19,22H,5-8,11,15-16,31H2,1-4H3,(H,32,38)/t18-,22+/m0/s1. The second-order valence-corrected chi connectivity index (χ2v) is 11.2. The zero-order chi connectivity index (χ0) is 28.8. The normalized spacial score (nSPS) is 18.1. The lowest BCUT2D eigenvalue weighted by Gasteiger charge is -2.30. The number of carbonyl (C=O) groups is 2. The van der Waals surface area contributed by atoms with E-state index in [1.807, 2.05) is 28.4 Å². The summed E-state index contributed by atoms with van der Waals surface area (Å²) in [5.41, 5.74) is 10.7. The number of rotatable bonds is 8. The van der Waals surface area contributed by atoms with E-state index >= 15 is 0 Å². The van der Waals surface area contributed by atoms with Crippen molar-refractivity contribution in [3.8, 4) is 23.1 Å². The Morgan fingerprint density at radius 1 is 1.17 bits per heavy atom. The van der Waals surface area contributed by atoms with Crippen molar-refractivity contribution in [2.75, 3.05) is 27.2 Å². The van der Waals surface area contributed by atoms with E-state index in [0.29, 0.717) is 42.0 Å². The summed E-state index contributed by atoms with van der Waals surface area (Å²) in [5, 5.41) is 3.57. The Hall–Kier alpha value is -4.12. The van der Waals surface area contributed by atoms with Crippen LogP contribution in [0.3, 0.4) is 0 Å². The summed E-state index contributed by atoms with van der Waals surface area (Å²) in [7, 11) is 3.19. The molecule has 4 aromatic rings. The van der Waals surface area contributed by atoms with Crippen LogP contribution in [0.1, 0.15) is 48.7 Å². The number of likely N-dealkylation sites (tertiary alicyclic amines) is 1. The van der Waals surface area contributed by atoms with Gasteiger partial charge in [0.05, 0.1) is 18.5 Å². The second kappa shape index (κ2) is 10.7. The molecular formula is C30H37N7O4. The molecule has 0 unspecified atom stereocenters. The molecule has 1 aliphatic carbocycles. The van der Waals surface area contributed by atoms with Gasteiger partial charge in [0, 0.05) is 55.8 Å². The maximum atomic E-state index is 13.4. The van der Waals surface area contributed by atoms with Crippen molar-refractivity contribution in [2.45, 2.75) is 58.2 Å². The zero-order valence-corrected chi connectivity index (χ0v) is 24.0. The topological polar surface area (TPSA) is 129 Å². The molecule has 2 fully saturated rings. The lowest BCUT2D eigenvalue weighted by Crippen LogP contribution is -2.45. The fourth-order valence-electron chi connectivity index (χ4n) is 5.72. The molecule has 2 aliphatic rings.